The van der Waals surface area contributed by atoms with Crippen LogP contribution < -0.4 is 5.56 Å². The molecule has 3 atom stereocenters. The molecular weight excluding hydrogens is 346 g/mol. The minimum absolute atomic E-state index is 0.0267. The van der Waals surface area contributed by atoms with E-state index in [2.05, 4.69) is 4.98 Å². The van der Waals surface area contributed by atoms with Crippen LogP contribution in [-0.4, -0.2) is 43.5 Å². The van der Waals surface area contributed by atoms with Gasteiger partial charge in [-0.05, 0) is 37.3 Å². The van der Waals surface area contributed by atoms with Gasteiger partial charge in [-0.2, -0.15) is 0 Å². The van der Waals surface area contributed by atoms with Gasteiger partial charge in [0, 0.05) is 19.0 Å². The van der Waals surface area contributed by atoms with Crippen molar-refractivity contribution < 1.29 is 14.7 Å². The molecule has 2 aromatic rings. The quantitative estimate of drug-likeness (QED) is 0.890. The molecule has 4 rings (SSSR count). The largest absolute Gasteiger partial charge is 0.480 e. The van der Waals surface area contributed by atoms with Gasteiger partial charge in [-0.1, -0.05) is 25.0 Å². The Morgan fingerprint density at radius 1 is 1.19 bits per heavy atom. The van der Waals surface area contributed by atoms with Crippen molar-refractivity contribution in [3.8, 4) is 0 Å². The van der Waals surface area contributed by atoms with Crippen molar-refractivity contribution in [1.82, 2.24) is 14.5 Å². The van der Waals surface area contributed by atoms with E-state index in [1.807, 2.05) is 6.07 Å². The molecule has 7 nitrogen and oxygen atoms in total. The van der Waals surface area contributed by atoms with Gasteiger partial charge >= 0.3 is 5.97 Å². The number of para-hydroxylation sites is 1. The number of aliphatic carboxylic acids is 1. The van der Waals surface area contributed by atoms with E-state index in [9.17, 15) is 19.5 Å². The monoisotopic (exact) mass is 369 g/mol. The summed E-state index contributed by atoms with van der Waals surface area (Å²) in [7, 11) is 0. The van der Waals surface area contributed by atoms with Gasteiger partial charge < -0.3 is 10.0 Å². The maximum absolute atomic E-state index is 12.9. The number of benzene rings is 1. The van der Waals surface area contributed by atoms with Crippen LogP contribution in [0.4, 0.5) is 0 Å². The van der Waals surface area contributed by atoms with Gasteiger partial charge in [0.15, 0.2) is 0 Å². The van der Waals surface area contributed by atoms with E-state index in [0.717, 1.165) is 25.7 Å². The Morgan fingerprint density at radius 2 is 1.96 bits per heavy atom. The van der Waals surface area contributed by atoms with Crippen LogP contribution in [0.25, 0.3) is 10.9 Å². The van der Waals surface area contributed by atoms with Crippen LogP contribution in [0.2, 0.25) is 0 Å². The van der Waals surface area contributed by atoms with Crippen molar-refractivity contribution in [3.63, 3.8) is 0 Å². The highest BCUT2D eigenvalue weighted by atomic mass is 16.4. The van der Waals surface area contributed by atoms with E-state index in [1.54, 1.807) is 23.1 Å². The third-order valence-corrected chi connectivity index (χ3v) is 5.96. The van der Waals surface area contributed by atoms with Crippen molar-refractivity contribution in [1.29, 1.82) is 0 Å². The topological polar surface area (TPSA) is 92.5 Å². The van der Waals surface area contributed by atoms with Crippen molar-refractivity contribution >= 4 is 22.8 Å². The molecule has 1 saturated heterocycles. The van der Waals surface area contributed by atoms with Crippen LogP contribution >= 0.6 is 0 Å². The zero-order chi connectivity index (χ0) is 19.0. The van der Waals surface area contributed by atoms with Crippen LogP contribution in [0.15, 0.2) is 35.4 Å². The second-order valence-electron chi connectivity index (χ2n) is 7.51. The van der Waals surface area contributed by atoms with Crippen molar-refractivity contribution in [2.75, 3.05) is 0 Å². The number of carboxylic acids is 1. The van der Waals surface area contributed by atoms with Gasteiger partial charge in [-0.15, -0.1) is 0 Å². The summed E-state index contributed by atoms with van der Waals surface area (Å²) < 4.78 is 1.43. The first-order chi connectivity index (χ1) is 13.1. The Hall–Kier alpha value is -2.70. The first-order valence-corrected chi connectivity index (χ1v) is 9.54. The highest BCUT2D eigenvalue weighted by Gasteiger charge is 2.47. The molecule has 1 aliphatic heterocycles. The predicted molar refractivity (Wildman–Crippen MR) is 99.3 cm³/mol. The number of fused-ring (bicyclic) bond motifs is 2. The molecule has 1 aromatic heterocycles. The molecule has 2 fully saturated rings. The normalized spacial score (nSPS) is 24.7. The summed E-state index contributed by atoms with van der Waals surface area (Å²) in [5, 5.41) is 10.1. The minimum atomic E-state index is -0.928. The Bertz CT molecular complexity index is 938. The maximum atomic E-state index is 12.9. The molecule has 142 valence electrons. The molecule has 0 spiro atoms. The lowest BCUT2D eigenvalue weighted by Gasteiger charge is -2.33. The van der Waals surface area contributed by atoms with Crippen LogP contribution in [0.5, 0.6) is 0 Å². The highest BCUT2D eigenvalue weighted by molar-refractivity contribution is 5.85. The van der Waals surface area contributed by atoms with E-state index >= 15 is 0 Å². The second kappa shape index (κ2) is 7.13. The number of amides is 1. The first-order valence-electron chi connectivity index (χ1n) is 9.54. The summed E-state index contributed by atoms with van der Waals surface area (Å²) in [6.07, 6.45) is 6.11. The summed E-state index contributed by atoms with van der Waals surface area (Å²) in [6.45, 7) is 0.204. The molecule has 1 saturated carbocycles. The zero-order valence-corrected chi connectivity index (χ0v) is 15.1. The van der Waals surface area contributed by atoms with Gasteiger partial charge in [0.2, 0.25) is 5.91 Å². The van der Waals surface area contributed by atoms with E-state index < -0.39 is 12.0 Å². The third-order valence-electron chi connectivity index (χ3n) is 5.96. The lowest BCUT2D eigenvalue weighted by molar-refractivity contribution is -0.150. The number of hydrogen-bond donors (Lipinski definition) is 1. The Balaban J connectivity index is 1.52. The molecule has 2 heterocycles. The summed E-state index contributed by atoms with van der Waals surface area (Å²) in [6, 6.07) is 6.39. The number of carboxylic acid groups (broad SMARTS) is 1. The number of rotatable bonds is 4. The number of aryl methyl sites for hydroxylation is 1. The molecule has 2 aliphatic rings. The number of nitrogens with zero attached hydrogens (tertiary/aromatic N) is 3. The molecule has 1 aliphatic carbocycles. The van der Waals surface area contributed by atoms with E-state index in [1.165, 1.54) is 10.9 Å². The first kappa shape index (κ1) is 17.7. The van der Waals surface area contributed by atoms with Gasteiger partial charge in [-0.25, -0.2) is 9.78 Å². The summed E-state index contributed by atoms with van der Waals surface area (Å²) >= 11 is 0. The van der Waals surface area contributed by atoms with Gasteiger partial charge in [0.05, 0.1) is 17.2 Å². The molecule has 1 aromatic carbocycles. The van der Waals surface area contributed by atoms with Gasteiger partial charge in [0.25, 0.3) is 5.56 Å². The van der Waals surface area contributed by atoms with Crippen molar-refractivity contribution in [2.45, 2.75) is 57.2 Å². The fourth-order valence-corrected chi connectivity index (χ4v) is 4.65. The predicted octanol–water partition coefficient (Wildman–Crippen LogP) is 2.03. The fraction of sp³-hybridized carbons (Fsp3) is 0.500. The summed E-state index contributed by atoms with van der Waals surface area (Å²) in [5.74, 6) is -0.826. The van der Waals surface area contributed by atoms with Crippen LogP contribution in [0.1, 0.15) is 38.5 Å². The smallest absolute Gasteiger partial charge is 0.326 e. The molecule has 0 unspecified atom stereocenters. The number of hydrogen-bond acceptors (Lipinski definition) is 4. The van der Waals surface area contributed by atoms with Crippen LogP contribution in [0, 0.1) is 5.92 Å². The SMILES string of the molecule is O=C(O)[C@@H]1C[C@@H]2CCCC[C@@H]2N1C(=O)CCn1cnc2ccccc2c1=O. The molecule has 1 amide bonds. The lowest BCUT2D eigenvalue weighted by atomic mass is 9.84. The van der Waals surface area contributed by atoms with E-state index in [-0.39, 0.29) is 36.4 Å². The third kappa shape index (κ3) is 3.22. The van der Waals surface area contributed by atoms with Crippen LogP contribution in [-0.2, 0) is 16.1 Å². The van der Waals surface area contributed by atoms with Crippen molar-refractivity contribution in [2.24, 2.45) is 5.92 Å². The Morgan fingerprint density at radius 3 is 2.78 bits per heavy atom. The fourth-order valence-electron chi connectivity index (χ4n) is 4.65. The molecule has 7 heteroatoms. The summed E-state index contributed by atoms with van der Waals surface area (Å²) in [5.41, 5.74) is 0.445. The number of carbonyl (C=O) groups excluding carboxylic acids is 1. The zero-order valence-electron chi connectivity index (χ0n) is 15.1. The average Bonchev–Trinajstić information content (AvgIpc) is 3.07. The number of likely N-dealkylation sites (tertiary alicyclic amines) is 1. The molecular formula is C20H23N3O4. The second-order valence-corrected chi connectivity index (χ2v) is 7.51. The van der Waals surface area contributed by atoms with Gasteiger partial charge in [0.1, 0.15) is 6.04 Å². The maximum Gasteiger partial charge on any atom is 0.326 e. The Labute approximate surface area is 156 Å². The average molecular weight is 369 g/mol. The van der Waals surface area contributed by atoms with E-state index in [0.29, 0.717) is 17.3 Å². The van der Waals surface area contributed by atoms with Crippen LogP contribution in [0.3, 0.4) is 0 Å². The van der Waals surface area contributed by atoms with Crippen molar-refractivity contribution in [3.05, 3.63) is 40.9 Å². The molecule has 0 radical (unpaired) electrons. The lowest BCUT2D eigenvalue weighted by Crippen LogP contribution is -2.46. The summed E-state index contributed by atoms with van der Waals surface area (Å²) in [4.78, 5) is 43.0. The molecule has 0 bridgehead atoms. The highest BCUT2D eigenvalue weighted by Crippen LogP contribution is 2.40. The number of aromatic nitrogens is 2. The standard InChI is InChI=1S/C20H23N3O4/c24-18(23-16-8-4-1-5-13(16)11-17(23)20(26)27)9-10-22-12-21-15-7-3-2-6-14(15)19(22)25/h2-3,6-7,12-13,16-17H,1,4-5,8-11H2,(H,26,27)/t13-,16-,17-/m0/s1. The van der Waals surface area contributed by atoms with E-state index in [4.69, 9.17) is 0 Å². The number of carbonyl (C=O) groups is 2. The molecule has 1 N–H and O–H groups in total. The van der Waals surface area contributed by atoms with Gasteiger partial charge in [-0.3, -0.25) is 14.2 Å². The minimum Gasteiger partial charge on any atom is -0.480 e. The molecule has 27 heavy (non-hydrogen) atoms. The Kier molecular flexibility index (Phi) is 4.68.